The summed E-state index contributed by atoms with van der Waals surface area (Å²) in [5.41, 5.74) is 8.92. The van der Waals surface area contributed by atoms with Crippen molar-refractivity contribution in [1.82, 2.24) is 10.4 Å². The molecule has 1 heterocycles. The molecule has 0 aliphatic rings. The van der Waals surface area contributed by atoms with Crippen LogP contribution in [0.4, 0.5) is 0 Å². The molecule has 0 fully saturated rings. The number of aliphatic carboxylic acids is 1. The molecule has 6 N–H and O–H groups in total. The largest absolute Gasteiger partial charge is 0.476 e. The van der Waals surface area contributed by atoms with Crippen molar-refractivity contribution in [2.45, 2.75) is 0 Å². The minimum Gasteiger partial charge on any atom is -0.476 e. The van der Waals surface area contributed by atoms with Gasteiger partial charge in [0.25, 0.3) is 0 Å². The van der Waals surface area contributed by atoms with Crippen LogP contribution in [-0.4, -0.2) is 16.1 Å². The van der Waals surface area contributed by atoms with Crippen LogP contribution in [0.25, 0.3) is 11.3 Å². The number of pyridine rings is 1. The van der Waals surface area contributed by atoms with Gasteiger partial charge in [-0.15, -0.1) is 0 Å². The van der Waals surface area contributed by atoms with E-state index in [0.29, 0.717) is 11.3 Å². The van der Waals surface area contributed by atoms with Crippen molar-refractivity contribution >= 4 is 5.97 Å². The number of carboxylic acids is 1. The Morgan fingerprint density at radius 3 is 2.43 bits per heavy atom. The van der Waals surface area contributed by atoms with Crippen LogP contribution in [0.5, 0.6) is 5.75 Å². The van der Waals surface area contributed by atoms with Gasteiger partial charge in [0, 0.05) is 5.56 Å². The molecule has 0 amide bonds. The van der Waals surface area contributed by atoms with Crippen molar-refractivity contribution in [1.29, 1.82) is 5.26 Å². The summed E-state index contributed by atoms with van der Waals surface area (Å²) in [5, 5.41) is 17.6. The first kappa shape index (κ1) is 15.8. The molecule has 0 aliphatic heterocycles. The van der Waals surface area contributed by atoms with Crippen LogP contribution in [0.15, 0.2) is 54.2 Å². The van der Waals surface area contributed by atoms with Gasteiger partial charge < -0.3 is 15.6 Å². The van der Waals surface area contributed by atoms with Gasteiger partial charge in [-0.05, 0) is 24.3 Å². The zero-order valence-electron chi connectivity index (χ0n) is 11.9. The Morgan fingerprint density at radius 1 is 1.26 bits per heavy atom. The lowest BCUT2D eigenvalue weighted by molar-refractivity contribution is -0.132. The van der Waals surface area contributed by atoms with Gasteiger partial charge in [-0.25, -0.2) is 10.6 Å². The Morgan fingerprint density at radius 2 is 1.96 bits per heavy atom. The Kier molecular flexibility index (Phi) is 4.76. The number of nitrogens with one attached hydrogen (secondary N) is 1. The van der Waals surface area contributed by atoms with E-state index in [1.54, 1.807) is 36.4 Å². The molecule has 0 unspecified atom stereocenters. The molecule has 0 saturated carbocycles. The van der Waals surface area contributed by atoms with Crippen molar-refractivity contribution in [3.8, 4) is 23.1 Å². The van der Waals surface area contributed by atoms with E-state index in [1.807, 2.05) is 6.07 Å². The number of nitrogens with two attached hydrogens (primary N) is 2. The second kappa shape index (κ2) is 6.93. The third-order valence-corrected chi connectivity index (χ3v) is 2.87. The highest BCUT2D eigenvalue weighted by Crippen LogP contribution is 2.20. The number of hydrogen-bond donors (Lipinski definition) is 4. The molecule has 8 nitrogen and oxygen atoms in total. The maximum atomic E-state index is 10.8. The molecule has 0 atom stereocenters. The van der Waals surface area contributed by atoms with E-state index in [1.165, 1.54) is 6.20 Å². The number of nitriles is 1. The number of hydrazine groups is 1. The minimum atomic E-state index is -1.36. The second-order valence-corrected chi connectivity index (χ2v) is 4.36. The van der Waals surface area contributed by atoms with Gasteiger partial charge in [0.2, 0.25) is 5.88 Å². The standard InChI is InChI=1S/C15H13N5O3/c16-7-9-1-3-10(4-2-9)12-6-5-11(8-19-12)23-14(20-18)13(17)15(21)22/h1-6,8,20H,17-18H2,(H,21,22)/b14-13+. The lowest BCUT2D eigenvalue weighted by Crippen LogP contribution is -2.31. The van der Waals surface area contributed by atoms with Crippen LogP contribution >= 0.6 is 0 Å². The highest BCUT2D eigenvalue weighted by Gasteiger charge is 2.12. The van der Waals surface area contributed by atoms with Gasteiger partial charge in [0.15, 0.2) is 5.70 Å². The Hall–Kier alpha value is -3.57. The van der Waals surface area contributed by atoms with Gasteiger partial charge >= 0.3 is 5.97 Å². The van der Waals surface area contributed by atoms with E-state index in [9.17, 15) is 4.79 Å². The van der Waals surface area contributed by atoms with Gasteiger partial charge in [0.05, 0.1) is 23.5 Å². The number of hydrogen-bond acceptors (Lipinski definition) is 7. The lowest BCUT2D eigenvalue weighted by Gasteiger charge is -2.10. The Labute approximate surface area is 131 Å². The SMILES string of the molecule is N#Cc1ccc(-c2ccc(O/C(NN)=C(/N)C(=O)O)cn2)cc1. The van der Waals surface area contributed by atoms with Gasteiger partial charge in [0.1, 0.15) is 5.75 Å². The fraction of sp³-hybridized carbons (Fsp3) is 0. The zero-order valence-corrected chi connectivity index (χ0v) is 11.9. The number of carbonyl (C=O) groups is 1. The molecule has 0 aliphatic carbocycles. The van der Waals surface area contributed by atoms with Crippen molar-refractivity contribution in [2.24, 2.45) is 11.6 Å². The van der Waals surface area contributed by atoms with Crippen LogP contribution in [-0.2, 0) is 4.79 Å². The monoisotopic (exact) mass is 311 g/mol. The first-order chi connectivity index (χ1) is 11.0. The first-order valence-electron chi connectivity index (χ1n) is 6.39. The number of rotatable bonds is 5. The summed E-state index contributed by atoms with van der Waals surface area (Å²) in [4.78, 5) is 15.0. The highest BCUT2D eigenvalue weighted by atomic mass is 16.5. The number of carboxylic acid groups (broad SMARTS) is 1. The van der Waals surface area contributed by atoms with E-state index in [2.05, 4.69) is 10.4 Å². The number of benzene rings is 1. The van der Waals surface area contributed by atoms with E-state index < -0.39 is 11.7 Å². The average Bonchev–Trinajstić information content (AvgIpc) is 2.59. The second-order valence-electron chi connectivity index (χ2n) is 4.36. The summed E-state index contributed by atoms with van der Waals surface area (Å²) >= 11 is 0. The number of nitrogens with zero attached hydrogens (tertiary/aromatic N) is 2. The van der Waals surface area contributed by atoms with E-state index in [4.69, 9.17) is 26.7 Å². The third kappa shape index (κ3) is 3.75. The van der Waals surface area contributed by atoms with Crippen molar-refractivity contribution in [3.63, 3.8) is 0 Å². The molecular weight excluding hydrogens is 298 g/mol. The summed E-state index contributed by atoms with van der Waals surface area (Å²) in [6.45, 7) is 0. The van der Waals surface area contributed by atoms with E-state index in [-0.39, 0.29) is 11.6 Å². The Balaban J connectivity index is 2.20. The molecular formula is C15H13N5O3. The maximum Gasteiger partial charge on any atom is 0.357 e. The van der Waals surface area contributed by atoms with Crippen LogP contribution in [0.1, 0.15) is 5.56 Å². The molecule has 0 radical (unpaired) electrons. The summed E-state index contributed by atoms with van der Waals surface area (Å²) in [6, 6.07) is 12.2. The molecule has 2 aromatic rings. The predicted molar refractivity (Wildman–Crippen MR) is 81.2 cm³/mol. The third-order valence-electron chi connectivity index (χ3n) is 2.87. The molecule has 0 bridgehead atoms. The maximum absolute atomic E-state index is 10.8. The van der Waals surface area contributed by atoms with Crippen molar-refractivity contribution in [2.75, 3.05) is 0 Å². The molecule has 0 saturated heterocycles. The van der Waals surface area contributed by atoms with Crippen molar-refractivity contribution < 1.29 is 14.6 Å². The molecule has 1 aromatic carbocycles. The van der Waals surface area contributed by atoms with Gasteiger partial charge in [-0.3, -0.25) is 10.4 Å². The van der Waals surface area contributed by atoms with Gasteiger partial charge in [-0.2, -0.15) is 5.26 Å². The molecule has 1 aromatic heterocycles. The van der Waals surface area contributed by atoms with Crippen LogP contribution in [0.3, 0.4) is 0 Å². The number of ether oxygens (including phenoxy) is 1. The first-order valence-corrected chi connectivity index (χ1v) is 6.39. The summed E-state index contributed by atoms with van der Waals surface area (Å²) in [6.07, 6.45) is 1.40. The highest BCUT2D eigenvalue weighted by molar-refractivity contribution is 5.85. The van der Waals surface area contributed by atoms with Crippen LogP contribution < -0.4 is 21.7 Å². The molecule has 116 valence electrons. The fourth-order valence-corrected chi connectivity index (χ4v) is 1.70. The molecule has 23 heavy (non-hydrogen) atoms. The topological polar surface area (TPSA) is 147 Å². The summed E-state index contributed by atoms with van der Waals surface area (Å²) in [7, 11) is 0. The van der Waals surface area contributed by atoms with E-state index in [0.717, 1.165) is 5.56 Å². The lowest BCUT2D eigenvalue weighted by atomic mass is 10.1. The fourth-order valence-electron chi connectivity index (χ4n) is 1.70. The van der Waals surface area contributed by atoms with Gasteiger partial charge in [-0.1, -0.05) is 12.1 Å². The van der Waals surface area contributed by atoms with Crippen LogP contribution in [0.2, 0.25) is 0 Å². The van der Waals surface area contributed by atoms with E-state index >= 15 is 0 Å². The normalized spacial score (nSPS) is 11.1. The summed E-state index contributed by atoms with van der Waals surface area (Å²) in [5.74, 6) is 3.80. The predicted octanol–water partition coefficient (Wildman–Crippen LogP) is 0.675. The number of aromatic nitrogens is 1. The minimum absolute atomic E-state index is 0.263. The Bertz CT molecular complexity index is 776. The average molecular weight is 311 g/mol. The smallest absolute Gasteiger partial charge is 0.357 e. The zero-order chi connectivity index (χ0) is 16.8. The quantitative estimate of drug-likeness (QED) is 0.273. The summed E-state index contributed by atoms with van der Waals surface area (Å²) < 4.78 is 5.25. The molecule has 2 rings (SSSR count). The van der Waals surface area contributed by atoms with Crippen LogP contribution in [0, 0.1) is 11.3 Å². The molecule has 8 heteroatoms. The molecule has 0 spiro atoms. The van der Waals surface area contributed by atoms with Crippen molar-refractivity contribution in [3.05, 3.63) is 59.7 Å².